The van der Waals surface area contributed by atoms with Crippen LogP contribution in [0.1, 0.15) is 39.5 Å². The largest absolute Gasteiger partial charge is 0.487 e. The third-order valence-electron chi connectivity index (χ3n) is 6.38. The zero-order valence-electron chi connectivity index (χ0n) is 20.6. The molecule has 7 heteroatoms. The molecule has 0 saturated heterocycles. The van der Waals surface area contributed by atoms with E-state index in [4.69, 9.17) is 26.3 Å². The summed E-state index contributed by atoms with van der Waals surface area (Å²) in [4.78, 5) is 11.6. The van der Waals surface area contributed by atoms with E-state index in [0.29, 0.717) is 12.0 Å². The zero-order chi connectivity index (χ0) is 24.1. The molecule has 0 radical (unpaired) electrons. The van der Waals surface area contributed by atoms with Gasteiger partial charge in [0, 0.05) is 37.1 Å². The highest BCUT2D eigenvalue weighted by atomic mass is 35.5. The van der Waals surface area contributed by atoms with E-state index in [9.17, 15) is 0 Å². The lowest BCUT2D eigenvalue weighted by atomic mass is 9.86. The van der Waals surface area contributed by atoms with Gasteiger partial charge in [-0.1, -0.05) is 23.7 Å². The highest BCUT2D eigenvalue weighted by molar-refractivity contribution is 6.30. The number of aromatic nitrogens is 2. The molecule has 0 aliphatic heterocycles. The standard InChI is InChI=1S/C27H36ClN5O/c1-27(2,34-22-15-11-20(28)12-16-22)18-29-17-19-9-13-21(14-10-19)30-26-31-24-8-6-5-7-23(24)25(32-26)33(3)4/h5-8,11-12,15-16,19,21,29H,9-10,13-14,17-18H2,1-4H3,(H,30,31,32)/t19-,21+. The SMILES string of the molecule is CN(C)c1nc(N[C@H]2CC[C@@H](CNCC(C)(C)Oc3ccc(Cl)cc3)CC2)nc2ccccc12. The Morgan fingerprint density at radius 2 is 1.71 bits per heavy atom. The van der Waals surface area contributed by atoms with Crippen molar-refractivity contribution in [3.8, 4) is 5.75 Å². The van der Waals surface area contributed by atoms with Crippen LogP contribution in [0.3, 0.4) is 0 Å². The van der Waals surface area contributed by atoms with Gasteiger partial charge >= 0.3 is 0 Å². The molecule has 0 atom stereocenters. The predicted molar refractivity (Wildman–Crippen MR) is 142 cm³/mol. The fourth-order valence-electron chi connectivity index (χ4n) is 4.59. The molecular formula is C27H36ClN5O. The Labute approximate surface area is 208 Å². The third kappa shape index (κ3) is 6.51. The van der Waals surface area contributed by atoms with Crippen molar-refractivity contribution in [1.29, 1.82) is 0 Å². The van der Waals surface area contributed by atoms with Crippen LogP contribution in [0.15, 0.2) is 48.5 Å². The Hall–Kier alpha value is -2.57. The highest BCUT2D eigenvalue weighted by Crippen LogP contribution is 2.28. The normalized spacial score (nSPS) is 18.6. The van der Waals surface area contributed by atoms with Crippen LogP contribution >= 0.6 is 11.6 Å². The van der Waals surface area contributed by atoms with Gasteiger partial charge in [-0.05, 0) is 88.4 Å². The maximum Gasteiger partial charge on any atom is 0.225 e. The van der Waals surface area contributed by atoms with E-state index in [1.165, 1.54) is 12.8 Å². The molecule has 1 aromatic heterocycles. The van der Waals surface area contributed by atoms with E-state index >= 15 is 0 Å². The van der Waals surface area contributed by atoms with E-state index in [2.05, 4.69) is 41.5 Å². The molecule has 1 heterocycles. The molecule has 0 bridgehead atoms. The number of benzene rings is 2. The van der Waals surface area contributed by atoms with Gasteiger partial charge in [0.1, 0.15) is 17.2 Å². The van der Waals surface area contributed by atoms with Gasteiger partial charge in [-0.25, -0.2) is 4.98 Å². The molecule has 0 spiro atoms. The van der Waals surface area contributed by atoms with Gasteiger partial charge in [0.05, 0.1) is 5.52 Å². The molecule has 1 aliphatic rings. The monoisotopic (exact) mass is 481 g/mol. The second kappa shape index (κ2) is 10.8. The second-order valence-corrected chi connectivity index (χ2v) is 10.5. The van der Waals surface area contributed by atoms with Crippen molar-refractivity contribution in [2.75, 3.05) is 37.4 Å². The summed E-state index contributed by atoms with van der Waals surface area (Å²) >= 11 is 5.97. The fraction of sp³-hybridized carbons (Fsp3) is 0.481. The number of hydrogen-bond acceptors (Lipinski definition) is 6. The molecule has 0 unspecified atom stereocenters. The van der Waals surface area contributed by atoms with Crippen LogP contribution in [-0.2, 0) is 0 Å². The van der Waals surface area contributed by atoms with Crippen LogP contribution in [0.5, 0.6) is 5.75 Å². The smallest absolute Gasteiger partial charge is 0.225 e. The quantitative estimate of drug-likeness (QED) is 0.404. The number of para-hydroxylation sites is 1. The summed E-state index contributed by atoms with van der Waals surface area (Å²) in [7, 11) is 4.05. The maximum absolute atomic E-state index is 6.14. The number of rotatable bonds is 9. The minimum Gasteiger partial charge on any atom is -0.487 e. The van der Waals surface area contributed by atoms with Crippen LogP contribution in [0.25, 0.3) is 10.9 Å². The van der Waals surface area contributed by atoms with Crippen LogP contribution in [0, 0.1) is 5.92 Å². The summed E-state index contributed by atoms with van der Waals surface area (Å²) in [6.45, 7) is 6.03. The molecule has 1 aliphatic carbocycles. The minimum absolute atomic E-state index is 0.288. The summed E-state index contributed by atoms with van der Waals surface area (Å²) in [5.74, 6) is 3.20. The average Bonchev–Trinajstić information content (AvgIpc) is 2.81. The number of nitrogens with one attached hydrogen (secondary N) is 2. The van der Waals surface area contributed by atoms with Crippen molar-refractivity contribution in [3.63, 3.8) is 0 Å². The van der Waals surface area contributed by atoms with E-state index in [0.717, 1.165) is 59.4 Å². The lowest BCUT2D eigenvalue weighted by Crippen LogP contribution is -2.42. The molecular weight excluding hydrogens is 446 g/mol. The first-order chi connectivity index (χ1) is 16.3. The Morgan fingerprint density at radius 1 is 1.00 bits per heavy atom. The molecule has 1 saturated carbocycles. The molecule has 0 amide bonds. The first-order valence-electron chi connectivity index (χ1n) is 12.1. The molecule has 4 rings (SSSR count). The van der Waals surface area contributed by atoms with Gasteiger partial charge in [-0.2, -0.15) is 4.98 Å². The van der Waals surface area contributed by atoms with Gasteiger partial charge in [0.25, 0.3) is 0 Å². The lowest BCUT2D eigenvalue weighted by molar-refractivity contribution is 0.106. The van der Waals surface area contributed by atoms with Crippen LogP contribution in [0.4, 0.5) is 11.8 Å². The first kappa shape index (κ1) is 24.6. The molecule has 2 N–H and O–H groups in total. The summed E-state index contributed by atoms with van der Waals surface area (Å²) < 4.78 is 6.14. The molecule has 6 nitrogen and oxygen atoms in total. The summed E-state index contributed by atoms with van der Waals surface area (Å²) in [6.07, 6.45) is 4.64. The molecule has 2 aromatic carbocycles. The molecule has 182 valence electrons. The molecule has 34 heavy (non-hydrogen) atoms. The summed E-state index contributed by atoms with van der Waals surface area (Å²) in [6, 6.07) is 16.2. The predicted octanol–water partition coefficient (Wildman–Crippen LogP) is 5.77. The molecule has 3 aromatic rings. The third-order valence-corrected chi connectivity index (χ3v) is 6.63. The van der Waals surface area contributed by atoms with E-state index in [1.54, 1.807) is 0 Å². The van der Waals surface area contributed by atoms with Gasteiger partial charge < -0.3 is 20.3 Å². The van der Waals surface area contributed by atoms with Crippen molar-refractivity contribution < 1.29 is 4.74 Å². The number of anilines is 2. The number of fused-ring (bicyclic) bond motifs is 1. The van der Waals surface area contributed by atoms with Crippen molar-refractivity contribution in [2.24, 2.45) is 5.92 Å². The summed E-state index contributed by atoms with van der Waals surface area (Å²) in [5.41, 5.74) is 0.689. The average molecular weight is 482 g/mol. The van der Waals surface area contributed by atoms with E-state index < -0.39 is 0 Å². The van der Waals surface area contributed by atoms with Crippen LogP contribution in [0.2, 0.25) is 5.02 Å². The van der Waals surface area contributed by atoms with Crippen molar-refractivity contribution >= 4 is 34.3 Å². The maximum atomic E-state index is 6.14. The fourth-order valence-corrected chi connectivity index (χ4v) is 4.72. The van der Waals surface area contributed by atoms with E-state index in [1.807, 2.05) is 50.5 Å². The number of halogens is 1. The van der Waals surface area contributed by atoms with Crippen molar-refractivity contribution in [1.82, 2.24) is 15.3 Å². The Bertz CT molecular complexity index is 1080. The first-order valence-corrected chi connectivity index (χ1v) is 12.5. The van der Waals surface area contributed by atoms with Crippen molar-refractivity contribution in [3.05, 3.63) is 53.6 Å². The number of hydrogen-bond donors (Lipinski definition) is 2. The lowest BCUT2D eigenvalue weighted by Gasteiger charge is -2.31. The summed E-state index contributed by atoms with van der Waals surface area (Å²) in [5, 5.41) is 9.03. The van der Waals surface area contributed by atoms with Crippen LogP contribution in [-0.4, -0.2) is 48.8 Å². The Balaban J connectivity index is 1.24. The highest BCUT2D eigenvalue weighted by Gasteiger charge is 2.24. The van der Waals surface area contributed by atoms with Gasteiger partial charge in [0.2, 0.25) is 5.95 Å². The second-order valence-electron chi connectivity index (χ2n) is 10.1. The van der Waals surface area contributed by atoms with Crippen LogP contribution < -0.4 is 20.3 Å². The Kier molecular flexibility index (Phi) is 7.79. The van der Waals surface area contributed by atoms with E-state index in [-0.39, 0.29) is 5.60 Å². The Morgan fingerprint density at radius 3 is 2.41 bits per heavy atom. The van der Waals surface area contributed by atoms with Gasteiger partial charge in [-0.15, -0.1) is 0 Å². The van der Waals surface area contributed by atoms with Gasteiger partial charge in [-0.3, -0.25) is 0 Å². The number of nitrogens with zero attached hydrogens (tertiary/aromatic N) is 3. The van der Waals surface area contributed by atoms with Crippen molar-refractivity contribution in [2.45, 2.75) is 51.2 Å². The van der Waals surface area contributed by atoms with Gasteiger partial charge in [0.15, 0.2) is 0 Å². The topological polar surface area (TPSA) is 62.3 Å². The molecule has 1 fully saturated rings. The zero-order valence-corrected chi connectivity index (χ0v) is 21.4. The minimum atomic E-state index is -0.288. The number of ether oxygens (including phenoxy) is 1.